The number of hydrogen-bond donors (Lipinski definition) is 1. The van der Waals surface area contributed by atoms with Crippen molar-refractivity contribution in [2.45, 2.75) is 26.9 Å². The van der Waals surface area contributed by atoms with Crippen molar-refractivity contribution in [1.29, 1.82) is 0 Å². The number of carbonyl (C=O) groups is 2. The van der Waals surface area contributed by atoms with Crippen LogP contribution in [0.5, 0.6) is 5.75 Å². The van der Waals surface area contributed by atoms with Gasteiger partial charge in [0.05, 0.1) is 18.8 Å². The van der Waals surface area contributed by atoms with Gasteiger partial charge < -0.3 is 24.3 Å². The monoisotopic (exact) mass is 461 g/mol. The van der Waals surface area contributed by atoms with Gasteiger partial charge in [-0.2, -0.15) is 0 Å². The zero-order valence-corrected chi connectivity index (χ0v) is 19.7. The van der Waals surface area contributed by atoms with Crippen LogP contribution in [-0.2, 0) is 17.9 Å². The molecule has 0 bridgehead atoms. The fourth-order valence-corrected chi connectivity index (χ4v) is 3.48. The lowest BCUT2D eigenvalue weighted by atomic mass is 10.2. The smallest absolute Gasteiger partial charge is 0.322 e. The van der Waals surface area contributed by atoms with Gasteiger partial charge in [0.1, 0.15) is 23.8 Å². The SMILES string of the molecule is C=CCN(CC(=O)N(Cc1ccccc1)Cc1ccc(C)o1)C(=O)Nc1ccccc1OCC. The standard InChI is InChI=1S/C27H31N3O4/c1-4-17-29(27(32)28-24-13-9-10-14-25(24)33-5-2)20-26(31)30(18-22-11-7-6-8-12-22)19-23-16-15-21(3)34-23/h4,6-16H,1,5,17-20H2,2-3H3,(H,28,32). The van der Waals surface area contributed by atoms with Crippen LogP contribution in [-0.4, -0.2) is 41.4 Å². The van der Waals surface area contributed by atoms with Gasteiger partial charge in [0.25, 0.3) is 0 Å². The summed E-state index contributed by atoms with van der Waals surface area (Å²) >= 11 is 0. The van der Waals surface area contributed by atoms with Crippen molar-refractivity contribution in [3.8, 4) is 5.75 Å². The summed E-state index contributed by atoms with van der Waals surface area (Å²) in [5.41, 5.74) is 1.53. The molecule has 1 heterocycles. The van der Waals surface area contributed by atoms with E-state index in [0.29, 0.717) is 36.9 Å². The molecule has 0 fully saturated rings. The molecule has 0 atom stereocenters. The highest BCUT2D eigenvalue weighted by Gasteiger charge is 2.23. The summed E-state index contributed by atoms with van der Waals surface area (Å²) in [6, 6.07) is 20.2. The fraction of sp³-hybridized carbons (Fsp3) is 0.259. The quantitative estimate of drug-likeness (QED) is 0.397. The average molecular weight is 462 g/mol. The minimum Gasteiger partial charge on any atom is -0.492 e. The molecule has 0 saturated carbocycles. The average Bonchev–Trinajstić information content (AvgIpc) is 3.25. The van der Waals surface area contributed by atoms with E-state index in [1.54, 1.807) is 23.1 Å². The molecule has 0 unspecified atom stereocenters. The number of nitrogens with zero attached hydrogens (tertiary/aromatic N) is 2. The van der Waals surface area contributed by atoms with Gasteiger partial charge in [0.2, 0.25) is 5.91 Å². The van der Waals surface area contributed by atoms with E-state index in [1.807, 2.05) is 68.4 Å². The second-order valence-corrected chi connectivity index (χ2v) is 7.78. The normalized spacial score (nSPS) is 10.4. The lowest BCUT2D eigenvalue weighted by molar-refractivity contribution is -0.133. The van der Waals surface area contributed by atoms with E-state index in [-0.39, 0.29) is 19.0 Å². The minimum atomic E-state index is -0.408. The van der Waals surface area contributed by atoms with Crippen molar-refractivity contribution in [3.63, 3.8) is 0 Å². The Morgan fingerprint density at radius 2 is 1.74 bits per heavy atom. The number of nitrogens with one attached hydrogen (secondary N) is 1. The summed E-state index contributed by atoms with van der Waals surface area (Å²) in [6.07, 6.45) is 1.60. The van der Waals surface area contributed by atoms with Crippen LogP contribution in [0.2, 0.25) is 0 Å². The van der Waals surface area contributed by atoms with Gasteiger partial charge in [0.15, 0.2) is 0 Å². The highest BCUT2D eigenvalue weighted by atomic mass is 16.5. The molecular formula is C27H31N3O4. The first-order chi connectivity index (χ1) is 16.5. The molecule has 3 amide bonds. The van der Waals surface area contributed by atoms with Gasteiger partial charge >= 0.3 is 6.03 Å². The van der Waals surface area contributed by atoms with Crippen LogP contribution < -0.4 is 10.1 Å². The molecule has 0 aliphatic heterocycles. The Balaban J connectivity index is 1.75. The third-order valence-corrected chi connectivity index (χ3v) is 5.10. The molecule has 34 heavy (non-hydrogen) atoms. The zero-order chi connectivity index (χ0) is 24.3. The minimum absolute atomic E-state index is 0.110. The highest BCUT2D eigenvalue weighted by molar-refractivity contribution is 5.93. The predicted molar refractivity (Wildman–Crippen MR) is 133 cm³/mol. The maximum Gasteiger partial charge on any atom is 0.322 e. The number of amides is 3. The molecule has 1 aromatic heterocycles. The number of hydrogen-bond acceptors (Lipinski definition) is 4. The number of furan rings is 1. The molecule has 3 rings (SSSR count). The number of benzene rings is 2. The number of urea groups is 1. The first kappa shape index (κ1) is 24.6. The van der Waals surface area contributed by atoms with Crippen LogP contribution >= 0.6 is 0 Å². The summed E-state index contributed by atoms with van der Waals surface area (Å²) in [7, 11) is 0. The Morgan fingerprint density at radius 1 is 1.00 bits per heavy atom. The van der Waals surface area contributed by atoms with E-state index in [9.17, 15) is 9.59 Å². The van der Waals surface area contributed by atoms with E-state index in [0.717, 1.165) is 11.3 Å². The molecule has 3 aromatic rings. The van der Waals surface area contributed by atoms with Gasteiger partial charge in [0, 0.05) is 13.1 Å². The predicted octanol–water partition coefficient (Wildman–Crippen LogP) is 5.24. The van der Waals surface area contributed by atoms with E-state index in [1.165, 1.54) is 4.90 Å². The maximum atomic E-state index is 13.4. The molecule has 0 saturated heterocycles. The zero-order valence-electron chi connectivity index (χ0n) is 19.7. The van der Waals surface area contributed by atoms with Crippen molar-refractivity contribution < 1.29 is 18.7 Å². The van der Waals surface area contributed by atoms with E-state index in [2.05, 4.69) is 11.9 Å². The number of aryl methyl sites for hydroxylation is 1. The van der Waals surface area contributed by atoms with Crippen molar-refractivity contribution in [1.82, 2.24) is 9.80 Å². The third kappa shape index (κ3) is 7.00. The third-order valence-electron chi connectivity index (χ3n) is 5.10. The summed E-state index contributed by atoms with van der Waals surface area (Å²) in [5, 5.41) is 2.85. The van der Waals surface area contributed by atoms with Crippen molar-refractivity contribution >= 4 is 17.6 Å². The van der Waals surface area contributed by atoms with E-state index < -0.39 is 6.03 Å². The molecule has 178 valence electrons. The van der Waals surface area contributed by atoms with E-state index >= 15 is 0 Å². The number of rotatable bonds is 11. The second-order valence-electron chi connectivity index (χ2n) is 7.78. The molecule has 1 N–H and O–H groups in total. The second kappa shape index (κ2) is 12.3. The Bertz CT molecular complexity index is 1090. The van der Waals surface area contributed by atoms with Crippen LogP contribution in [0, 0.1) is 6.92 Å². The Kier molecular flexibility index (Phi) is 8.91. The molecule has 0 radical (unpaired) electrons. The Labute approximate surface area is 200 Å². The van der Waals surface area contributed by atoms with Crippen LogP contribution in [0.1, 0.15) is 24.0 Å². The Hall–Kier alpha value is -4.00. The fourth-order valence-electron chi connectivity index (χ4n) is 3.48. The lowest BCUT2D eigenvalue weighted by Gasteiger charge is -2.27. The van der Waals surface area contributed by atoms with Crippen molar-refractivity contribution in [2.24, 2.45) is 0 Å². The molecule has 0 aliphatic carbocycles. The van der Waals surface area contributed by atoms with Crippen LogP contribution in [0.4, 0.5) is 10.5 Å². The van der Waals surface area contributed by atoms with Crippen LogP contribution in [0.15, 0.2) is 83.8 Å². The van der Waals surface area contributed by atoms with E-state index in [4.69, 9.17) is 9.15 Å². The molecule has 0 aliphatic rings. The number of anilines is 1. The first-order valence-electron chi connectivity index (χ1n) is 11.3. The summed E-state index contributed by atoms with van der Waals surface area (Å²) in [5.74, 6) is 1.84. The molecule has 7 nitrogen and oxygen atoms in total. The van der Waals surface area contributed by atoms with Crippen molar-refractivity contribution in [3.05, 3.63) is 96.5 Å². The maximum absolute atomic E-state index is 13.4. The Morgan fingerprint density at radius 3 is 2.41 bits per heavy atom. The molecule has 2 aromatic carbocycles. The summed E-state index contributed by atoms with van der Waals surface area (Å²) in [4.78, 5) is 29.5. The lowest BCUT2D eigenvalue weighted by Crippen LogP contribution is -2.44. The molecule has 7 heteroatoms. The van der Waals surface area contributed by atoms with Crippen LogP contribution in [0.3, 0.4) is 0 Å². The van der Waals surface area contributed by atoms with Gasteiger partial charge in [-0.25, -0.2) is 4.79 Å². The number of carbonyl (C=O) groups excluding carboxylic acids is 2. The molecular weight excluding hydrogens is 430 g/mol. The van der Waals surface area contributed by atoms with Crippen molar-refractivity contribution in [2.75, 3.05) is 25.0 Å². The van der Waals surface area contributed by atoms with Gasteiger partial charge in [-0.15, -0.1) is 6.58 Å². The largest absolute Gasteiger partial charge is 0.492 e. The van der Waals surface area contributed by atoms with Gasteiger partial charge in [-0.3, -0.25) is 4.79 Å². The highest BCUT2D eigenvalue weighted by Crippen LogP contribution is 2.24. The summed E-state index contributed by atoms with van der Waals surface area (Å²) < 4.78 is 11.3. The number of ether oxygens (including phenoxy) is 1. The topological polar surface area (TPSA) is 75.0 Å². The van der Waals surface area contributed by atoms with Gasteiger partial charge in [-0.1, -0.05) is 48.5 Å². The van der Waals surface area contributed by atoms with Gasteiger partial charge in [-0.05, 0) is 43.7 Å². The van der Waals surface area contributed by atoms with Crippen LogP contribution in [0.25, 0.3) is 0 Å². The number of para-hydroxylation sites is 2. The summed E-state index contributed by atoms with van der Waals surface area (Å²) in [6.45, 7) is 8.77. The first-order valence-corrected chi connectivity index (χ1v) is 11.3. The molecule has 0 spiro atoms.